The molecule has 24 heavy (non-hydrogen) atoms. The fourth-order valence-corrected chi connectivity index (χ4v) is 3.74. The van der Waals surface area contributed by atoms with Gasteiger partial charge in [0.1, 0.15) is 0 Å². The van der Waals surface area contributed by atoms with Gasteiger partial charge < -0.3 is 4.89 Å². The van der Waals surface area contributed by atoms with Gasteiger partial charge in [-0.15, -0.1) is 0 Å². The average molecular weight is 343 g/mol. The number of carbonyl (C=O) groups is 1. The monoisotopic (exact) mass is 342 g/mol. The maximum atomic E-state index is 12.2. The maximum Gasteiger partial charge on any atom is 0.347 e. The third-order valence-electron chi connectivity index (χ3n) is 5.95. The summed E-state index contributed by atoms with van der Waals surface area (Å²) in [5, 5.41) is 8.94. The molecule has 0 saturated heterocycles. The normalized spacial score (nSPS) is 15.8. The van der Waals surface area contributed by atoms with E-state index < -0.39 is 11.4 Å². The molecule has 0 rings (SSSR count). The SMILES string of the molecule is CCCCC(CC)CC(CC(CC)CCCC)C(C)(C)C(=O)OO. The number of rotatable bonds is 14. The van der Waals surface area contributed by atoms with E-state index in [1.54, 1.807) is 0 Å². The van der Waals surface area contributed by atoms with E-state index in [9.17, 15) is 4.79 Å². The van der Waals surface area contributed by atoms with E-state index in [0.717, 1.165) is 25.7 Å². The van der Waals surface area contributed by atoms with Crippen molar-refractivity contribution in [3.63, 3.8) is 0 Å². The van der Waals surface area contributed by atoms with Gasteiger partial charge in [0.05, 0.1) is 5.41 Å². The summed E-state index contributed by atoms with van der Waals surface area (Å²) >= 11 is 0. The molecule has 0 aliphatic carbocycles. The molecule has 144 valence electrons. The topological polar surface area (TPSA) is 46.5 Å². The molecule has 0 aromatic carbocycles. The Morgan fingerprint density at radius 2 is 1.33 bits per heavy atom. The third-order valence-corrected chi connectivity index (χ3v) is 5.95. The van der Waals surface area contributed by atoms with Gasteiger partial charge in [-0.25, -0.2) is 4.79 Å². The molecule has 3 heteroatoms. The van der Waals surface area contributed by atoms with Crippen molar-refractivity contribution >= 4 is 5.97 Å². The van der Waals surface area contributed by atoms with Crippen LogP contribution >= 0.6 is 0 Å². The quantitative estimate of drug-likeness (QED) is 0.277. The van der Waals surface area contributed by atoms with Crippen molar-refractivity contribution in [2.24, 2.45) is 23.2 Å². The fraction of sp³-hybridized carbons (Fsp3) is 0.952. The highest BCUT2D eigenvalue weighted by Crippen LogP contribution is 2.40. The van der Waals surface area contributed by atoms with Crippen LogP contribution in [-0.2, 0) is 9.68 Å². The van der Waals surface area contributed by atoms with Crippen LogP contribution in [-0.4, -0.2) is 11.2 Å². The molecule has 0 aliphatic heterocycles. The molecule has 0 aliphatic rings. The predicted octanol–water partition coefficient (Wildman–Crippen LogP) is 6.86. The molecule has 0 heterocycles. The fourth-order valence-electron chi connectivity index (χ4n) is 3.74. The Labute approximate surface area is 150 Å². The van der Waals surface area contributed by atoms with E-state index in [2.05, 4.69) is 32.6 Å². The first-order chi connectivity index (χ1) is 11.4. The van der Waals surface area contributed by atoms with E-state index in [1.807, 2.05) is 13.8 Å². The summed E-state index contributed by atoms with van der Waals surface area (Å²) in [4.78, 5) is 16.3. The molecule has 3 nitrogen and oxygen atoms in total. The first-order valence-electron chi connectivity index (χ1n) is 10.2. The van der Waals surface area contributed by atoms with Gasteiger partial charge in [0.15, 0.2) is 0 Å². The zero-order valence-electron chi connectivity index (χ0n) is 17.1. The summed E-state index contributed by atoms with van der Waals surface area (Å²) in [6, 6.07) is 0. The van der Waals surface area contributed by atoms with Gasteiger partial charge in [-0.05, 0) is 44.4 Å². The summed E-state index contributed by atoms with van der Waals surface area (Å²) in [6.45, 7) is 12.8. The first kappa shape index (κ1) is 23.4. The molecular formula is C21H42O3. The molecule has 0 saturated carbocycles. The summed E-state index contributed by atoms with van der Waals surface area (Å²) < 4.78 is 0. The van der Waals surface area contributed by atoms with Gasteiger partial charge in [-0.1, -0.05) is 79.1 Å². The Bertz CT molecular complexity index is 307. The Morgan fingerprint density at radius 1 is 0.917 bits per heavy atom. The minimum Gasteiger partial charge on any atom is -0.300 e. The minimum absolute atomic E-state index is 0.265. The summed E-state index contributed by atoms with van der Waals surface area (Å²) in [7, 11) is 0. The molecule has 0 fully saturated rings. The van der Waals surface area contributed by atoms with Crippen molar-refractivity contribution in [2.75, 3.05) is 0 Å². The standard InChI is InChI=1S/C21H42O3/c1-7-11-13-17(9-3)15-19(21(5,6)20(22)24-23)16-18(10-4)14-12-8-2/h17-19,23H,7-16H2,1-6H3. The summed E-state index contributed by atoms with van der Waals surface area (Å²) in [6.07, 6.45) is 11.8. The number of carbonyl (C=O) groups excluding carboxylic acids is 1. The van der Waals surface area contributed by atoms with Crippen molar-refractivity contribution in [1.29, 1.82) is 0 Å². The number of unbranched alkanes of at least 4 members (excludes halogenated alkanes) is 2. The molecule has 2 unspecified atom stereocenters. The molecule has 2 atom stereocenters. The Morgan fingerprint density at radius 3 is 1.62 bits per heavy atom. The predicted molar refractivity (Wildman–Crippen MR) is 102 cm³/mol. The molecule has 1 N–H and O–H groups in total. The Balaban J connectivity index is 5.15. The summed E-state index contributed by atoms with van der Waals surface area (Å²) in [5.41, 5.74) is -0.631. The van der Waals surface area contributed by atoms with Gasteiger partial charge in [-0.2, -0.15) is 5.26 Å². The van der Waals surface area contributed by atoms with Crippen LogP contribution in [0.3, 0.4) is 0 Å². The molecular weight excluding hydrogens is 300 g/mol. The van der Waals surface area contributed by atoms with Crippen LogP contribution in [0.2, 0.25) is 0 Å². The van der Waals surface area contributed by atoms with E-state index in [0.29, 0.717) is 11.8 Å². The van der Waals surface area contributed by atoms with Crippen molar-refractivity contribution < 1.29 is 14.9 Å². The second-order valence-electron chi connectivity index (χ2n) is 8.10. The van der Waals surface area contributed by atoms with Crippen LogP contribution in [0.4, 0.5) is 0 Å². The Hall–Kier alpha value is -0.570. The number of hydrogen-bond acceptors (Lipinski definition) is 3. The Kier molecular flexibility index (Phi) is 12.4. The van der Waals surface area contributed by atoms with Crippen molar-refractivity contribution in [2.45, 2.75) is 106 Å². The van der Waals surface area contributed by atoms with Gasteiger partial charge in [0, 0.05) is 0 Å². The highest BCUT2D eigenvalue weighted by molar-refractivity contribution is 5.75. The maximum absolute atomic E-state index is 12.2. The van der Waals surface area contributed by atoms with Crippen LogP contribution < -0.4 is 0 Å². The smallest absolute Gasteiger partial charge is 0.300 e. The van der Waals surface area contributed by atoms with Crippen LogP contribution in [0.5, 0.6) is 0 Å². The molecule has 0 aromatic rings. The van der Waals surface area contributed by atoms with E-state index in [4.69, 9.17) is 5.26 Å². The van der Waals surface area contributed by atoms with Crippen molar-refractivity contribution in [3.8, 4) is 0 Å². The zero-order valence-corrected chi connectivity index (χ0v) is 17.1. The second kappa shape index (κ2) is 12.7. The van der Waals surface area contributed by atoms with E-state index in [-0.39, 0.29) is 5.92 Å². The van der Waals surface area contributed by atoms with Crippen LogP contribution in [0.1, 0.15) is 106 Å². The van der Waals surface area contributed by atoms with Crippen molar-refractivity contribution in [1.82, 2.24) is 0 Å². The molecule has 0 bridgehead atoms. The van der Waals surface area contributed by atoms with Gasteiger partial charge in [0.25, 0.3) is 0 Å². The lowest BCUT2D eigenvalue weighted by molar-refractivity contribution is -0.247. The van der Waals surface area contributed by atoms with E-state index in [1.165, 1.54) is 38.5 Å². The van der Waals surface area contributed by atoms with Crippen molar-refractivity contribution in [3.05, 3.63) is 0 Å². The minimum atomic E-state index is -0.631. The highest BCUT2D eigenvalue weighted by atomic mass is 17.1. The largest absolute Gasteiger partial charge is 0.347 e. The van der Waals surface area contributed by atoms with Gasteiger partial charge >= 0.3 is 5.97 Å². The van der Waals surface area contributed by atoms with E-state index >= 15 is 0 Å². The third kappa shape index (κ3) is 8.00. The second-order valence-corrected chi connectivity index (χ2v) is 8.10. The molecule has 0 aromatic heterocycles. The average Bonchev–Trinajstić information content (AvgIpc) is 2.59. The zero-order chi connectivity index (χ0) is 18.6. The van der Waals surface area contributed by atoms with Gasteiger partial charge in [0.2, 0.25) is 0 Å². The van der Waals surface area contributed by atoms with Crippen LogP contribution in [0.15, 0.2) is 0 Å². The molecule has 0 amide bonds. The van der Waals surface area contributed by atoms with Crippen LogP contribution in [0.25, 0.3) is 0 Å². The van der Waals surface area contributed by atoms with Crippen LogP contribution in [0, 0.1) is 23.2 Å². The highest BCUT2D eigenvalue weighted by Gasteiger charge is 2.40. The lowest BCUT2D eigenvalue weighted by Gasteiger charge is -2.36. The lowest BCUT2D eigenvalue weighted by Crippen LogP contribution is -2.36. The molecule has 0 radical (unpaired) electrons. The molecule has 0 spiro atoms. The summed E-state index contributed by atoms with van der Waals surface area (Å²) in [5.74, 6) is 1.10. The number of hydrogen-bond donors (Lipinski definition) is 1. The van der Waals surface area contributed by atoms with Gasteiger partial charge in [-0.3, -0.25) is 0 Å². The lowest BCUT2D eigenvalue weighted by atomic mass is 9.68. The first-order valence-corrected chi connectivity index (χ1v) is 10.2.